The smallest absolute Gasteiger partial charge is 0.435 e. The highest BCUT2D eigenvalue weighted by Crippen LogP contribution is 2.32. The molecule has 1 aliphatic heterocycles. The summed E-state index contributed by atoms with van der Waals surface area (Å²) >= 11 is 0. The number of piperazine rings is 1. The molecule has 0 saturated carbocycles. The Morgan fingerprint density at radius 1 is 1.17 bits per heavy atom. The normalized spacial score (nSPS) is 17.4. The Bertz CT molecular complexity index is 908. The second-order valence-corrected chi connectivity index (χ2v) is 6.89. The first-order chi connectivity index (χ1) is 13.6. The quantitative estimate of drug-likeness (QED) is 0.728. The Balaban J connectivity index is 1.74. The first kappa shape index (κ1) is 20.7. The molecule has 1 amide bonds. The first-order valence-corrected chi connectivity index (χ1v) is 8.97. The second kappa shape index (κ2) is 7.76. The summed E-state index contributed by atoms with van der Waals surface area (Å²) in [5.41, 5.74) is -0.330. The van der Waals surface area contributed by atoms with E-state index in [4.69, 9.17) is 0 Å². The molecule has 0 spiro atoms. The van der Waals surface area contributed by atoms with E-state index in [1.165, 1.54) is 19.1 Å². The molecule has 0 N–H and O–H groups in total. The van der Waals surface area contributed by atoms with E-state index >= 15 is 0 Å². The van der Waals surface area contributed by atoms with Crippen LogP contribution in [0.3, 0.4) is 0 Å². The third-order valence-corrected chi connectivity index (χ3v) is 4.87. The summed E-state index contributed by atoms with van der Waals surface area (Å²) in [5, 5.41) is 3.41. The number of halogens is 3. The van der Waals surface area contributed by atoms with Gasteiger partial charge < -0.3 is 14.5 Å². The lowest BCUT2D eigenvalue weighted by molar-refractivity contribution is -0.141. The van der Waals surface area contributed by atoms with Gasteiger partial charge in [0.1, 0.15) is 0 Å². The third kappa shape index (κ3) is 4.20. The van der Waals surface area contributed by atoms with Crippen molar-refractivity contribution >= 4 is 17.6 Å². The van der Waals surface area contributed by atoms with Gasteiger partial charge in [-0.1, -0.05) is 0 Å². The van der Waals surface area contributed by atoms with Crippen LogP contribution in [-0.2, 0) is 18.0 Å². The number of rotatable bonds is 3. The number of hydrogen-bond acceptors (Lipinski definition) is 5. The molecule has 1 fully saturated rings. The van der Waals surface area contributed by atoms with Gasteiger partial charge in [0.25, 0.3) is 5.91 Å². The van der Waals surface area contributed by atoms with Crippen LogP contribution in [0.25, 0.3) is 0 Å². The molecule has 156 valence electrons. The molecule has 7 nitrogen and oxygen atoms in total. The zero-order valence-corrected chi connectivity index (χ0v) is 16.2. The maximum Gasteiger partial charge on any atom is 0.435 e. The van der Waals surface area contributed by atoms with Crippen LogP contribution in [0, 0.1) is 0 Å². The summed E-state index contributed by atoms with van der Waals surface area (Å²) < 4.78 is 45.3. The SMILES string of the molecule is COC(=O)c1ccc(N2CCN(C(=O)c3cn(C)nc3C(F)(F)F)C(C)C2)cc1. The van der Waals surface area contributed by atoms with Crippen LogP contribution in [-0.4, -0.2) is 59.3 Å². The number of esters is 1. The van der Waals surface area contributed by atoms with Crippen LogP contribution in [0.1, 0.15) is 33.3 Å². The van der Waals surface area contributed by atoms with Crippen LogP contribution in [0.5, 0.6) is 0 Å². The number of hydrogen-bond donors (Lipinski definition) is 0. The maximum atomic E-state index is 13.2. The van der Waals surface area contributed by atoms with Crippen molar-refractivity contribution in [3.8, 4) is 0 Å². The highest BCUT2D eigenvalue weighted by Gasteiger charge is 2.41. The predicted octanol–water partition coefficient (Wildman–Crippen LogP) is 2.58. The average Bonchev–Trinajstić information content (AvgIpc) is 3.09. The van der Waals surface area contributed by atoms with E-state index in [2.05, 4.69) is 9.84 Å². The number of aryl methyl sites for hydroxylation is 1. The molecule has 1 aromatic carbocycles. The van der Waals surface area contributed by atoms with E-state index in [1.54, 1.807) is 31.2 Å². The van der Waals surface area contributed by atoms with E-state index in [0.29, 0.717) is 18.7 Å². The number of aromatic nitrogens is 2. The Labute approximate surface area is 165 Å². The summed E-state index contributed by atoms with van der Waals surface area (Å²) in [5.74, 6) is -1.11. The zero-order valence-electron chi connectivity index (χ0n) is 16.2. The number of amides is 1. The highest BCUT2D eigenvalue weighted by atomic mass is 19.4. The number of methoxy groups -OCH3 is 1. The lowest BCUT2D eigenvalue weighted by atomic mass is 10.1. The number of alkyl halides is 3. The van der Waals surface area contributed by atoms with Crippen LogP contribution in [0.2, 0.25) is 0 Å². The van der Waals surface area contributed by atoms with Gasteiger partial charge in [0.2, 0.25) is 0 Å². The summed E-state index contributed by atoms with van der Waals surface area (Å²) in [6, 6.07) is 6.54. The van der Waals surface area contributed by atoms with Gasteiger partial charge in [-0.3, -0.25) is 9.48 Å². The van der Waals surface area contributed by atoms with E-state index in [-0.39, 0.29) is 12.6 Å². The summed E-state index contributed by atoms with van der Waals surface area (Å²) in [6.45, 7) is 2.96. The molecule has 10 heteroatoms. The average molecular weight is 410 g/mol. The molecule has 0 bridgehead atoms. The second-order valence-electron chi connectivity index (χ2n) is 6.89. The van der Waals surface area contributed by atoms with Gasteiger partial charge in [-0.2, -0.15) is 18.3 Å². The zero-order chi connectivity index (χ0) is 21.3. The molecule has 1 saturated heterocycles. The lowest BCUT2D eigenvalue weighted by Gasteiger charge is -2.41. The molecule has 1 aromatic heterocycles. The number of ether oxygens (including phenoxy) is 1. The predicted molar refractivity (Wildman–Crippen MR) is 98.7 cm³/mol. The van der Waals surface area contributed by atoms with Crippen molar-refractivity contribution < 1.29 is 27.5 Å². The van der Waals surface area contributed by atoms with Crippen molar-refractivity contribution in [1.29, 1.82) is 0 Å². The Morgan fingerprint density at radius 3 is 2.38 bits per heavy atom. The largest absolute Gasteiger partial charge is 0.465 e. The number of nitrogens with zero attached hydrogens (tertiary/aromatic N) is 4. The molecule has 3 rings (SSSR count). The number of carbonyl (C=O) groups is 2. The van der Waals surface area contributed by atoms with Gasteiger partial charge >= 0.3 is 12.1 Å². The molecule has 1 atom stereocenters. The van der Waals surface area contributed by atoms with Crippen LogP contribution >= 0.6 is 0 Å². The molecular weight excluding hydrogens is 389 g/mol. The van der Waals surface area contributed by atoms with Crippen molar-refractivity contribution in [3.63, 3.8) is 0 Å². The van der Waals surface area contributed by atoms with Crippen LogP contribution in [0.15, 0.2) is 30.5 Å². The Hall–Kier alpha value is -3.04. The van der Waals surface area contributed by atoms with Gasteiger partial charge in [-0.15, -0.1) is 0 Å². The minimum atomic E-state index is -4.70. The van der Waals surface area contributed by atoms with Gasteiger partial charge in [-0.25, -0.2) is 4.79 Å². The molecule has 0 radical (unpaired) electrons. The van der Waals surface area contributed by atoms with Gasteiger partial charge in [0, 0.05) is 44.6 Å². The fourth-order valence-corrected chi connectivity index (χ4v) is 3.43. The number of benzene rings is 1. The van der Waals surface area contributed by atoms with Crippen LogP contribution in [0.4, 0.5) is 18.9 Å². The fraction of sp³-hybridized carbons (Fsp3) is 0.421. The van der Waals surface area contributed by atoms with Gasteiger partial charge in [0.05, 0.1) is 18.2 Å². The highest BCUT2D eigenvalue weighted by molar-refractivity contribution is 5.95. The first-order valence-electron chi connectivity index (χ1n) is 8.97. The van der Waals surface area contributed by atoms with Crippen molar-refractivity contribution in [2.75, 3.05) is 31.6 Å². The van der Waals surface area contributed by atoms with Crippen molar-refractivity contribution in [1.82, 2.24) is 14.7 Å². The Morgan fingerprint density at radius 2 is 1.83 bits per heavy atom. The molecule has 2 heterocycles. The monoisotopic (exact) mass is 410 g/mol. The summed E-state index contributed by atoms with van der Waals surface area (Å²) in [4.78, 5) is 27.8. The maximum absolute atomic E-state index is 13.2. The number of carbonyl (C=O) groups excluding carboxylic acids is 2. The lowest BCUT2D eigenvalue weighted by Crippen LogP contribution is -2.54. The Kier molecular flexibility index (Phi) is 5.54. The van der Waals surface area contributed by atoms with E-state index in [9.17, 15) is 22.8 Å². The van der Waals surface area contributed by atoms with Crippen molar-refractivity contribution in [2.24, 2.45) is 7.05 Å². The summed E-state index contributed by atoms with van der Waals surface area (Å²) in [6.07, 6.45) is -3.59. The topological polar surface area (TPSA) is 67.7 Å². The molecule has 1 unspecified atom stereocenters. The molecular formula is C19H21F3N4O3. The standard InChI is InChI=1S/C19H21F3N4O3/c1-12-10-25(14-6-4-13(5-7-14)18(28)29-3)8-9-26(12)17(27)15-11-24(2)23-16(15)19(20,21)22/h4-7,11-12H,8-10H2,1-3H3. The third-order valence-electron chi connectivity index (χ3n) is 4.87. The number of anilines is 1. The summed E-state index contributed by atoms with van der Waals surface area (Å²) in [7, 11) is 2.66. The van der Waals surface area contributed by atoms with E-state index in [1.807, 2.05) is 4.90 Å². The van der Waals surface area contributed by atoms with Gasteiger partial charge in [0.15, 0.2) is 5.69 Å². The molecule has 1 aliphatic rings. The molecule has 29 heavy (non-hydrogen) atoms. The van der Waals surface area contributed by atoms with E-state index < -0.39 is 29.3 Å². The van der Waals surface area contributed by atoms with Gasteiger partial charge in [-0.05, 0) is 31.2 Å². The van der Waals surface area contributed by atoms with Crippen molar-refractivity contribution in [3.05, 3.63) is 47.3 Å². The minimum Gasteiger partial charge on any atom is -0.465 e. The minimum absolute atomic E-state index is 0.269. The van der Waals surface area contributed by atoms with E-state index in [0.717, 1.165) is 16.6 Å². The molecule has 2 aromatic rings. The fourth-order valence-electron chi connectivity index (χ4n) is 3.43. The van der Waals surface area contributed by atoms with Crippen LogP contribution < -0.4 is 4.90 Å². The van der Waals surface area contributed by atoms with Crippen molar-refractivity contribution in [2.45, 2.75) is 19.1 Å². The molecule has 0 aliphatic carbocycles.